The number of pyridine rings is 1. The van der Waals surface area contributed by atoms with Gasteiger partial charge in [0.1, 0.15) is 10.7 Å². The second-order valence-electron chi connectivity index (χ2n) is 7.01. The van der Waals surface area contributed by atoms with Gasteiger partial charge in [-0.1, -0.05) is 35.9 Å². The summed E-state index contributed by atoms with van der Waals surface area (Å²) in [6.45, 7) is 2.33. The van der Waals surface area contributed by atoms with E-state index in [1.54, 1.807) is 25.3 Å². The number of halogens is 1. The molecule has 0 fully saturated rings. The lowest BCUT2D eigenvalue weighted by Gasteiger charge is -2.22. The number of anilines is 1. The SMILES string of the molecule is COc1ccc(CN(C(=O)c2sc3cc(C)ccc3c2Cl)c2ccccn2)cc1OC. The topological polar surface area (TPSA) is 51.7 Å². The third kappa shape index (κ3) is 4.22. The predicted octanol–water partition coefficient (Wildman–Crippen LogP) is 6.12. The standard InChI is InChI=1S/C24H21ClN2O3S/c1-15-7-9-17-20(12-15)31-23(22(17)25)24(28)27(21-6-4-5-11-26-21)14-16-8-10-18(29-2)19(13-16)30-3/h4-13H,14H2,1-3H3. The molecule has 0 saturated carbocycles. The van der Waals surface area contributed by atoms with Crippen molar-refractivity contribution in [3.63, 3.8) is 0 Å². The summed E-state index contributed by atoms with van der Waals surface area (Å²) in [4.78, 5) is 20.2. The monoisotopic (exact) mass is 452 g/mol. The second kappa shape index (κ2) is 8.96. The Bertz CT molecular complexity index is 1240. The number of ether oxygens (including phenoxy) is 2. The van der Waals surface area contributed by atoms with Crippen molar-refractivity contribution >= 4 is 44.7 Å². The van der Waals surface area contributed by atoms with Crippen LogP contribution in [0, 0.1) is 6.92 Å². The summed E-state index contributed by atoms with van der Waals surface area (Å²) in [6.07, 6.45) is 1.67. The summed E-state index contributed by atoms with van der Waals surface area (Å²) in [6, 6.07) is 17.1. The molecule has 158 valence electrons. The Balaban J connectivity index is 1.76. The van der Waals surface area contributed by atoms with Gasteiger partial charge in [0.15, 0.2) is 11.5 Å². The highest BCUT2D eigenvalue weighted by molar-refractivity contribution is 7.21. The Labute approximate surface area is 189 Å². The van der Waals surface area contributed by atoms with Crippen LogP contribution in [0.2, 0.25) is 5.02 Å². The molecule has 4 aromatic rings. The number of benzene rings is 2. The van der Waals surface area contributed by atoms with E-state index in [1.165, 1.54) is 11.3 Å². The second-order valence-corrected chi connectivity index (χ2v) is 8.44. The van der Waals surface area contributed by atoms with Crippen molar-refractivity contribution in [1.82, 2.24) is 4.98 Å². The van der Waals surface area contributed by atoms with Gasteiger partial charge in [-0.05, 0) is 48.4 Å². The van der Waals surface area contributed by atoms with E-state index in [1.807, 2.05) is 61.5 Å². The molecule has 0 radical (unpaired) electrons. The van der Waals surface area contributed by atoms with Crippen molar-refractivity contribution in [1.29, 1.82) is 0 Å². The molecule has 2 aromatic carbocycles. The Morgan fingerprint density at radius 3 is 2.58 bits per heavy atom. The Morgan fingerprint density at radius 1 is 1.06 bits per heavy atom. The zero-order chi connectivity index (χ0) is 22.0. The Morgan fingerprint density at radius 2 is 1.87 bits per heavy atom. The number of carbonyl (C=O) groups excluding carboxylic acids is 1. The molecular formula is C24H21ClN2O3S. The van der Waals surface area contributed by atoms with Crippen molar-refractivity contribution in [3.8, 4) is 11.5 Å². The summed E-state index contributed by atoms with van der Waals surface area (Å²) in [7, 11) is 3.18. The summed E-state index contributed by atoms with van der Waals surface area (Å²) >= 11 is 8.03. The number of aryl methyl sites for hydroxylation is 1. The number of fused-ring (bicyclic) bond motifs is 1. The molecule has 1 amide bonds. The predicted molar refractivity (Wildman–Crippen MR) is 126 cm³/mol. The lowest BCUT2D eigenvalue weighted by Crippen LogP contribution is -2.30. The first-order chi connectivity index (χ1) is 15.0. The fourth-order valence-corrected chi connectivity index (χ4v) is 4.92. The van der Waals surface area contributed by atoms with Crippen LogP contribution in [0.15, 0.2) is 60.8 Å². The van der Waals surface area contributed by atoms with E-state index in [2.05, 4.69) is 4.98 Å². The fourth-order valence-electron chi connectivity index (χ4n) is 3.36. The quantitative estimate of drug-likeness (QED) is 0.353. The Kier molecular flexibility index (Phi) is 6.11. The normalized spacial score (nSPS) is 10.8. The van der Waals surface area contributed by atoms with Gasteiger partial charge in [-0.3, -0.25) is 9.69 Å². The molecule has 4 rings (SSSR count). The first-order valence-corrected chi connectivity index (χ1v) is 10.8. The number of aromatic nitrogens is 1. The molecule has 0 saturated heterocycles. The minimum Gasteiger partial charge on any atom is -0.493 e. The van der Waals surface area contributed by atoms with Gasteiger partial charge < -0.3 is 9.47 Å². The average Bonchev–Trinajstić information content (AvgIpc) is 3.12. The van der Waals surface area contributed by atoms with Crippen LogP contribution in [-0.2, 0) is 6.54 Å². The maximum Gasteiger partial charge on any atom is 0.271 e. The maximum absolute atomic E-state index is 13.7. The van der Waals surface area contributed by atoms with Crippen molar-refractivity contribution in [2.75, 3.05) is 19.1 Å². The van der Waals surface area contributed by atoms with Crippen LogP contribution in [-0.4, -0.2) is 25.1 Å². The van der Waals surface area contributed by atoms with Gasteiger partial charge in [0.25, 0.3) is 5.91 Å². The van der Waals surface area contributed by atoms with Gasteiger partial charge in [-0.25, -0.2) is 4.98 Å². The van der Waals surface area contributed by atoms with E-state index in [-0.39, 0.29) is 5.91 Å². The van der Waals surface area contributed by atoms with E-state index in [4.69, 9.17) is 21.1 Å². The highest BCUT2D eigenvalue weighted by Gasteiger charge is 2.25. The van der Waals surface area contributed by atoms with E-state index in [0.29, 0.717) is 33.8 Å². The molecular weight excluding hydrogens is 432 g/mol. The largest absolute Gasteiger partial charge is 0.493 e. The highest BCUT2D eigenvalue weighted by Crippen LogP contribution is 2.37. The van der Waals surface area contributed by atoms with Crippen molar-refractivity contribution in [2.45, 2.75) is 13.5 Å². The summed E-state index contributed by atoms with van der Waals surface area (Å²) in [5, 5.41) is 1.35. The van der Waals surface area contributed by atoms with Crippen LogP contribution < -0.4 is 14.4 Å². The van der Waals surface area contributed by atoms with Gasteiger partial charge >= 0.3 is 0 Å². The van der Waals surface area contributed by atoms with Crippen LogP contribution in [0.3, 0.4) is 0 Å². The number of amides is 1. The molecule has 31 heavy (non-hydrogen) atoms. The van der Waals surface area contributed by atoms with E-state index in [9.17, 15) is 4.79 Å². The molecule has 0 spiro atoms. The molecule has 7 heteroatoms. The number of thiophene rings is 1. The number of rotatable bonds is 6. The summed E-state index contributed by atoms with van der Waals surface area (Å²) < 4.78 is 11.7. The molecule has 2 aromatic heterocycles. The molecule has 0 aliphatic heterocycles. The molecule has 5 nitrogen and oxygen atoms in total. The van der Waals surface area contributed by atoms with Gasteiger partial charge in [0.05, 0.1) is 25.8 Å². The van der Waals surface area contributed by atoms with Crippen LogP contribution in [0.1, 0.15) is 20.8 Å². The van der Waals surface area contributed by atoms with E-state index < -0.39 is 0 Å². The molecule has 0 bridgehead atoms. The maximum atomic E-state index is 13.7. The van der Waals surface area contributed by atoms with Gasteiger partial charge in [0, 0.05) is 16.3 Å². The molecule has 0 N–H and O–H groups in total. The van der Waals surface area contributed by atoms with Crippen molar-refractivity contribution in [2.24, 2.45) is 0 Å². The third-order valence-electron chi connectivity index (χ3n) is 4.94. The third-order valence-corrected chi connectivity index (χ3v) is 6.58. The highest BCUT2D eigenvalue weighted by atomic mass is 35.5. The minimum absolute atomic E-state index is 0.197. The average molecular weight is 453 g/mol. The molecule has 0 atom stereocenters. The van der Waals surface area contributed by atoms with E-state index >= 15 is 0 Å². The lowest BCUT2D eigenvalue weighted by atomic mass is 10.1. The lowest BCUT2D eigenvalue weighted by molar-refractivity contribution is 0.0988. The van der Waals surface area contributed by atoms with Crippen molar-refractivity contribution < 1.29 is 14.3 Å². The number of nitrogens with zero attached hydrogens (tertiary/aromatic N) is 2. The van der Waals surface area contributed by atoms with Crippen molar-refractivity contribution in [3.05, 3.63) is 81.8 Å². The molecule has 0 aliphatic carbocycles. The van der Waals surface area contributed by atoms with E-state index in [0.717, 1.165) is 21.2 Å². The number of methoxy groups -OCH3 is 2. The molecule has 0 unspecified atom stereocenters. The van der Waals surface area contributed by atoms with Gasteiger partial charge in [-0.2, -0.15) is 0 Å². The van der Waals surface area contributed by atoms with Crippen LogP contribution in [0.4, 0.5) is 5.82 Å². The molecule has 0 aliphatic rings. The first-order valence-electron chi connectivity index (χ1n) is 9.64. The number of hydrogen-bond donors (Lipinski definition) is 0. The zero-order valence-corrected chi connectivity index (χ0v) is 19.0. The Hall–Kier alpha value is -3.09. The first kappa shape index (κ1) is 21.2. The van der Waals surface area contributed by atoms with Crippen LogP contribution >= 0.6 is 22.9 Å². The van der Waals surface area contributed by atoms with Gasteiger partial charge in [0.2, 0.25) is 0 Å². The summed E-state index contributed by atoms with van der Waals surface area (Å²) in [5.74, 6) is 1.58. The van der Waals surface area contributed by atoms with Crippen LogP contribution in [0.5, 0.6) is 11.5 Å². The summed E-state index contributed by atoms with van der Waals surface area (Å²) in [5.41, 5.74) is 2.00. The fraction of sp³-hybridized carbons (Fsp3) is 0.167. The smallest absolute Gasteiger partial charge is 0.271 e. The number of hydrogen-bond acceptors (Lipinski definition) is 5. The van der Waals surface area contributed by atoms with Gasteiger partial charge in [-0.15, -0.1) is 11.3 Å². The van der Waals surface area contributed by atoms with Crippen LogP contribution in [0.25, 0.3) is 10.1 Å². The minimum atomic E-state index is -0.197. The number of carbonyl (C=O) groups is 1. The zero-order valence-electron chi connectivity index (χ0n) is 17.4. The molecule has 2 heterocycles.